The minimum atomic E-state index is -3.71. The zero-order valence-corrected chi connectivity index (χ0v) is 14.8. The second-order valence-corrected chi connectivity index (χ2v) is 6.99. The van der Waals surface area contributed by atoms with Crippen LogP contribution in [0, 0.1) is 0 Å². The first-order valence-corrected chi connectivity index (χ1v) is 9.35. The van der Waals surface area contributed by atoms with Crippen LogP contribution in [-0.2, 0) is 10.0 Å². The monoisotopic (exact) mass is 360 g/mol. The molecular formula is C15H21BN6O2S. The molecule has 10 heteroatoms. The third kappa shape index (κ3) is 6.00. The lowest BCUT2D eigenvalue weighted by molar-refractivity contribution is 0.598. The van der Waals surface area contributed by atoms with Gasteiger partial charge in [0.05, 0.1) is 4.90 Å². The molecule has 0 saturated carbocycles. The SMILES string of the molecule is [B]c1cnc(Nc2ccc(S(N)(=O)=O)cc2)nc1NCCCCNC. The van der Waals surface area contributed by atoms with Gasteiger partial charge in [-0.2, -0.15) is 4.98 Å². The zero-order valence-electron chi connectivity index (χ0n) is 14.0. The van der Waals surface area contributed by atoms with E-state index in [0.717, 1.165) is 25.9 Å². The van der Waals surface area contributed by atoms with Gasteiger partial charge in [0.2, 0.25) is 16.0 Å². The van der Waals surface area contributed by atoms with Crippen LogP contribution >= 0.6 is 0 Å². The van der Waals surface area contributed by atoms with E-state index in [2.05, 4.69) is 25.9 Å². The molecule has 2 rings (SSSR count). The number of rotatable bonds is 9. The first-order chi connectivity index (χ1) is 11.9. The van der Waals surface area contributed by atoms with Crippen LogP contribution in [0.4, 0.5) is 17.5 Å². The molecule has 0 aliphatic heterocycles. The standard InChI is InChI=1S/C15H21BN6O2S/c1-18-8-2-3-9-19-14-13(16)10-20-15(22-14)21-11-4-6-12(7-5-11)25(17,23)24/h4-7,10,18H,2-3,8-9H2,1H3,(H2,17,23,24)(H2,19,20,21,22). The van der Waals surface area contributed by atoms with E-state index >= 15 is 0 Å². The molecule has 2 aromatic rings. The van der Waals surface area contributed by atoms with Crippen LogP contribution in [-0.4, -0.2) is 46.4 Å². The molecule has 0 aliphatic rings. The van der Waals surface area contributed by atoms with Crippen LogP contribution in [0.2, 0.25) is 0 Å². The summed E-state index contributed by atoms with van der Waals surface area (Å²) < 4.78 is 22.5. The third-order valence-electron chi connectivity index (χ3n) is 3.40. The summed E-state index contributed by atoms with van der Waals surface area (Å²) in [6.07, 6.45) is 3.56. The fourth-order valence-electron chi connectivity index (χ4n) is 2.08. The zero-order chi connectivity index (χ0) is 18.3. The van der Waals surface area contributed by atoms with E-state index in [9.17, 15) is 8.42 Å². The highest BCUT2D eigenvalue weighted by molar-refractivity contribution is 7.89. The average molecular weight is 360 g/mol. The molecule has 0 spiro atoms. The van der Waals surface area contributed by atoms with Crippen molar-refractivity contribution in [1.82, 2.24) is 15.3 Å². The summed E-state index contributed by atoms with van der Waals surface area (Å²) in [5, 5.41) is 14.4. The van der Waals surface area contributed by atoms with E-state index in [1.165, 1.54) is 18.3 Å². The summed E-state index contributed by atoms with van der Waals surface area (Å²) in [5.74, 6) is 0.915. The summed E-state index contributed by atoms with van der Waals surface area (Å²) in [5.41, 5.74) is 1.10. The quantitative estimate of drug-likeness (QED) is 0.369. The van der Waals surface area contributed by atoms with Crippen LogP contribution < -0.4 is 26.6 Å². The summed E-state index contributed by atoms with van der Waals surface area (Å²) in [7, 11) is 4.09. The number of hydrogen-bond donors (Lipinski definition) is 4. The lowest BCUT2D eigenvalue weighted by Gasteiger charge is -2.11. The highest BCUT2D eigenvalue weighted by Crippen LogP contribution is 2.16. The fraction of sp³-hybridized carbons (Fsp3) is 0.333. The Labute approximate surface area is 149 Å². The van der Waals surface area contributed by atoms with Crippen molar-refractivity contribution in [2.24, 2.45) is 5.14 Å². The maximum atomic E-state index is 11.3. The van der Waals surface area contributed by atoms with Crippen LogP contribution in [0.3, 0.4) is 0 Å². The van der Waals surface area contributed by atoms with Crippen molar-refractivity contribution in [2.45, 2.75) is 17.7 Å². The van der Waals surface area contributed by atoms with Gasteiger partial charge < -0.3 is 16.0 Å². The molecule has 0 fully saturated rings. The molecule has 0 amide bonds. The maximum Gasteiger partial charge on any atom is 0.238 e. The van der Waals surface area contributed by atoms with Crippen LogP contribution in [0.1, 0.15) is 12.8 Å². The van der Waals surface area contributed by atoms with Gasteiger partial charge in [-0.25, -0.2) is 18.5 Å². The van der Waals surface area contributed by atoms with Gasteiger partial charge in [-0.1, -0.05) is 0 Å². The molecular weight excluding hydrogens is 339 g/mol. The Bertz CT molecular complexity index is 798. The molecule has 5 N–H and O–H groups in total. The van der Waals surface area contributed by atoms with Gasteiger partial charge in [-0.15, -0.1) is 0 Å². The largest absolute Gasteiger partial charge is 0.370 e. The number of aromatic nitrogens is 2. The molecule has 1 aromatic carbocycles. The Morgan fingerprint density at radius 2 is 1.84 bits per heavy atom. The average Bonchev–Trinajstić information content (AvgIpc) is 2.57. The van der Waals surface area contributed by atoms with Crippen LogP contribution in [0.5, 0.6) is 0 Å². The Morgan fingerprint density at radius 1 is 1.16 bits per heavy atom. The first kappa shape index (κ1) is 19.2. The molecule has 8 nitrogen and oxygen atoms in total. The van der Waals surface area contributed by atoms with E-state index < -0.39 is 10.0 Å². The summed E-state index contributed by atoms with van der Waals surface area (Å²) in [6, 6.07) is 6.00. The summed E-state index contributed by atoms with van der Waals surface area (Å²) in [6.45, 7) is 1.72. The number of benzene rings is 1. The van der Waals surface area contributed by atoms with E-state index in [0.29, 0.717) is 22.9 Å². The Morgan fingerprint density at radius 3 is 2.48 bits per heavy atom. The van der Waals surface area contributed by atoms with Crippen molar-refractivity contribution in [3.8, 4) is 0 Å². The molecule has 132 valence electrons. The topological polar surface area (TPSA) is 122 Å². The number of nitrogens with one attached hydrogen (secondary N) is 3. The lowest BCUT2D eigenvalue weighted by Crippen LogP contribution is -2.18. The van der Waals surface area contributed by atoms with Gasteiger partial charge in [-0.05, 0) is 56.2 Å². The smallest absolute Gasteiger partial charge is 0.238 e. The highest BCUT2D eigenvalue weighted by atomic mass is 32.2. The molecule has 1 heterocycles. The van der Waals surface area contributed by atoms with Gasteiger partial charge in [0.25, 0.3) is 0 Å². The van der Waals surface area contributed by atoms with Crippen molar-refractivity contribution in [1.29, 1.82) is 0 Å². The van der Waals surface area contributed by atoms with Crippen molar-refractivity contribution in [2.75, 3.05) is 30.8 Å². The van der Waals surface area contributed by atoms with E-state index in [4.69, 9.17) is 13.0 Å². The molecule has 0 unspecified atom stereocenters. The molecule has 25 heavy (non-hydrogen) atoms. The van der Waals surface area contributed by atoms with Gasteiger partial charge in [0.15, 0.2) is 0 Å². The summed E-state index contributed by atoms with van der Waals surface area (Å²) >= 11 is 0. The Kier molecular flexibility index (Phi) is 6.74. The molecule has 0 bridgehead atoms. The fourth-order valence-corrected chi connectivity index (χ4v) is 2.60. The van der Waals surface area contributed by atoms with Crippen LogP contribution in [0.25, 0.3) is 0 Å². The normalized spacial score (nSPS) is 11.3. The number of sulfonamides is 1. The number of unbranched alkanes of at least 4 members (excludes halogenated alkanes) is 1. The minimum Gasteiger partial charge on any atom is -0.370 e. The predicted molar refractivity (Wildman–Crippen MR) is 100 cm³/mol. The number of hydrogen-bond acceptors (Lipinski definition) is 7. The number of anilines is 3. The van der Waals surface area contributed by atoms with Crippen LogP contribution in [0.15, 0.2) is 35.4 Å². The Balaban J connectivity index is 2.01. The van der Waals surface area contributed by atoms with Gasteiger partial charge in [0, 0.05) is 18.4 Å². The van der Waals surface area contributed by atoms with Gasteiger partial charge >= 0.3 is 0 Å². The number of primary sulfonamides is 1. The highest BCUT2D eigenvalue weighted by Gasteiger charge is 2.08. The summed E-state index contributed by atoms with van der Waals surface area (Å²) in [4.78, 5) is 8.50. The van der Waals surface area contributed by atoms with E-state index in [-0.39, 0.29) is 4.90 Å². The lowest BCUT2D eigenvalue weighted by atomic mass is 9.99. The second kappa shape index (κ2) is 8.79. The van der Waals surface area contributed by atoms with E-state index in [1.54, 1.807) is 12.1 Å². The maximum absolute atomic E-state index is 11.3. The molecule has 1 aromatic heterocycles. The Hall–Kier alpha value is -2.17. The minimum absolute atomic E-state index is 0.0419. The predicted octanol–water partition coefficient (Wildman–Crippen LogP) is 0.0729. The van der Waals surface area contributed by atoms with Crippen molar-refractivity contribution in [3.05, 3.63) is 30.5 Å². The van der Waals surface area contributed by atoms with Crippen molar-refractivity contribution >= 4 is 40.8 Å². The van der Waals surface area contributed by atoms with Gasteiger partial charge in [0.1, 0.15) is 13.7 Å². The second-order valence-electron chi connectivity index (χ2n) is 5.43. The molecule has 0 aliphatic carbocycles. The van der Waals surface area contributed by atoms with E-state index in [1.807, 2.05) is 7.05 Å². The number of nitrogens with zero attached hydrogens (tertiary/aromatic N) is 2. The van der Waals surface area contributed by atoms with Crippen molar-refractivity contribution < 1.29 is 8.42 Å². The number of nitrogens with two attached hydrogens (primary N) is 1. The first-order valence-electron chi connectivity index (χ1n) is 7.81. The third-order valence-corrected chi connectivity index (χ3v) is 4.33. The molecule has 2 radical (unpaired) electrons. The van der Waals surface area contributed by atoms with Gasteiger partial charge in [-0.3, -0.25) is 0 Å². The van der Waals surface area contributed by atoms with Crippen molar-refractivity contribution in [3.63, 3.8) is 0 Å². The molecule has 0 atom stereocenters. The molecule has 0 saturated heterocycles.